The SMILES string of the molecule is Cc1ccc(C)c(-c2ccc(S)cc2)c1.Cc1ccc(C)c(CCCCCCC#N)c1.Cc1ccc(C)c(CCCCCCN)c1.Cc1ccc(C)c(CCCCCCP(=O)(O)O)c1.Cc1ccc(C)c(CCCCCCS(=O)(=O)O)c1.Cc1ccc(C)c(CCCCCCc2ccncc2)c1. The Labute approximate surface area is 624 Å². The van der Waals surface area contributed by atoms with E-state index < -0.39 is 17.7 Å². The summed E-state index contributed by atoms with van der Waals surface area (Å²) in [4.78, 5) is 22.5. The van der Waals surface area contributed by atoms with Crippen LogP contribution >= 0.6 is 20.2 Å². The molecule has 0 fully saturated rings. The number of unbranched alkanes of at least 4 members (excludes halogenated alkanes) is 16. The van der Waals surface area contributed by atoms with Crippen LogP contribution in [0.5, 0.6) is 0 Å². The number of hydrogen-bond donors (Lipinski definition) is 5. The van der Waals surface area contributed by atoms with E-state index in [4.69, 9.17) is 25.3 Å². The Morgan fingerprint density at radius 1 is 0.402 bits per heavy atom. The Kier molecular flexibility index (Phi) is 45.5. The van der Waals surface area contributed by atoms with E-state index >= 15 is 0 Å². The van der Waals surface area contributed by atoms with Gasteiger partial charge in [-0.05, 0) is 295 Å². The van der Waals surface area contributed by atoms with Gasteiger partial charge in [0.2, 0.25) is 0 Å². The monoisotopic (exact) mass is 1440 g/mol. The average Bonchev–Trinajstić information content (AvgIpc) is 0.798. The number of hydrogen-bond acceptors (Lipinski definition) is 7. The summed E-state index contributed by atoms with van der Waals surface area (Å²) in [6.07, 6.45) is 33.6. The lowest BCUT2D eigenvalue weighted by atomic mass is 9.99. The molecule has 12 heteroatoms. The third-order valence-corrected chi connectivity index (χ3v) is 20.6. The summed E-state index contributed by atoms with van der Waals surface area (Å²) in [5.74, 6) is -0.115. The first-order valence-corrected chi connectivity index (χ1v) is 41.6. The summed E-state index contributed by atoms with van der Waals surface area (Å²) < 4.78 is 40.3. The van der Waals surface area contributed by atoms with Crippen LogP contribution in [0, 0.1) is 94.4 Å². The molecule has 0 amide bonds. The second kappa shape index (κ2) is 51.7. The van der Waals surface area contributed by atoms with Crippen LogP contribution < -0.4 is 5.73 Å². The maximum atomic E-state index is 10.7. The third kappa shape index (κ3) is 42.4. The van der Waals surface area contributed by atoms with E-state index in [0.717, 1.165) is 69.2 Å². The fraction of sp³-hybridized carbons (Fsp3) is 0.467. The zero-order valence-electron chi connectivity index (χ0n) is 64.6. The van der Waals surface area contributed by atoms with Gasteiger partial charge >= 0.3 is 7.60 Å². The molecule has 0 saturated carbocycles. The van der Waals surface area contributed by atoms with Crippen molar-refractivity contribution in [3.05, 3.63) is 258 Å². The van der Waals surface area contributed by atoms with Gasteiger partial charge in [-0.2, -0.15) is 13.7 Å². The number of nitriles is 1. The quantitative estimate of drug-likeness (QED) is 0.0114. The van der Waals surface area contributed by atoms with Crippen LogP contribution in [-0.4, -0.2) is 46.2 Å². The van der Waals surface area contributed by atoms with Gasteiger partial charge in [-0.3, -0.25) is 14.1 Å². The van der Waals surface area contributed by atoms with Crippen LogP contribution in [0.15, 0.2) is 163 Å². The lowest BCUT2D eigenvalue weighted by Gasteiger charge is -2.07. The number of aromatic nitrogens is 1. The van der Waals surface area contributed by atoms with Crippen molar-refractivity contribution >= 4 is 30.3 Å². The largest absolute Gasteiger partial charge is 0.330 e. The lowest BCUT2D eigenvalue weighted by Crippen LogP contribution is -2.03. The summed E-state index contributed by atoms with van der Waals surface area (Å²) in [7, 11) is -7.56. The number of rotatable bonds is 34. The van der Waals surface area contributed by atoms with Crippen molar-refractivity contribution in [1.29, 1.82) is 5.26 Å². The highest BCUT2D eigenvalue weighted by molar-refractivity contribution is 7.85. The minimum Gasteiger partial charge on any atom is -0.330 e. The Balaban J connectivity index is 0.000000319. The number of nitrogens with zero attached hydrogens (tertiary/aromatic N) is 2. The van der Waals surface area contributed by atoms with Crippen molar-refractivity contribution in [2.45, 2.75) is 261 Å². The summed E-state index contributed by atoms with van der Waals surface area (Å²) in [6.45, 7) is 26.6. The highest BCUT2D eigenvalue weighted by Gasteiger charge is 2.12. The zero-order chi connectivity index (χ0) is 75.1. The zero-order valence-corrected chi connectivity index (χ0v) is 67.2. The molecular weight excluding hydrogens is 1310 g/mol. The van der Waals surface area contributed by atoms with E-state index in [9.17, 15) is 13.0 Å². The molecule has 0 spiro atoms. The Morgan fingerprint density at radius 3 is 1.06 bits per heavy atom. The fourth-order valence-electron chi connectivity index (χ4n) is 12.2. The lowest BCUT2D eigenvalue weighted by molar-refractivity contribution is 0.370. The minimum atomic E-state index is -3.79. The van der Waals surface area contributed by atoms with Crippen molar-refractivity contribution in [2.75, 3.05) is 18.5 Å². The molecule has 0 unspecified atom stereocenters. The number of aryl methyl sites for hydroxylation is 18. The van der Waals surface area contributed by atoms with Gasteiger partial charge in [-0.1, -0.05) is 219 Å². The first-order chi connectivity index (χ1) is 48.7. The fourth-order valence-corrected chi connectivity index (χ4v) is 13.6. The van der Waals surface area contributed by atoms with Gasteiger partial charge in [-0.25, -0.2) is 0 Å². The van der Waals surface area contributed by atoms with Gasteiger partial charge in [0, 0.05) is 29.9 Å². The minimum absolute atomic E-state index is 0.0243. The molecule has 8 aromatic rings. The molecule has 102 heavy (non-hydrogen) atoms. The molecule has 0 aliphatic rings. The van der Waals surface area contributed by atoms with Gasteiger partial charge in [0.05, 0.1) is 11.8 Å². The molecule has 1 heterocycles. The Morgan fingerprint density at radius 2 is 0.716 bits per heavy atom. The normalized spacial score (nSPS) is 10.9. The molecule has 8 rings (SSSR count). The molecule has 0 saturated heterocycles. The van der Waals surface area contributed by atoms with Gasteiger partial charge < -0.3 is 15.5 Å². The maximum Gasteiger partial charge on any atom is 0.325 e. The number of benzene rings is 7. The molecule has 556 valence electrons. The maximum absolute atomic E-state index is 10.7. The van der Waals surface area contributed by atoms with Crippen LogP contribution in [0.2, 0.25) is 0 Å². The van der Waals surface area contributed by atoms with E-state index in [1.165, 1.54) is 208 Å². The highest BCUT2D eigenvalue weighted by atomic mass is 32.2. The van der Waals surface area contributed by atoms with Crippen LogP contribution in [0.25, 0.3) is 11.1 Å². The van der Waals surface area contributed by atoms with E-state index in [1.807, 2.05) is 24.5 Å². The summed E-state index contributed by atoms with van der Waals surface area (Å²) in [6, 6.07) is 54.4. The summed E-state index contributed by atoms with van der Waals surface area (Å²) in [5, 5.41) is 8.42. The molecule has 0 atom stereocenters. The molecule has 0 aliphatic carbocycles. The molecule has 9 nitrogen and oxygen atoms in total. The number of nitrogens with two attached hydrogens (primary N) is 1. The second-order valence-electron chi connectivity index (χ2n) is 28.3. The molecular formula is C90H128N3O6PS2. The van der Waals surface area contributed by atoms with E-state index in [-0.39, 0.29) is 11.9 Å². The summed E-state index contributed by atoms with van der Waals surface area (Å²) >= 11 is 4.29. The Hall–Kier alpha value is -6.45. The molecule has 5 N–H and O–H groups in total. The smallest absolute Gasteiger partial charge is 0.325 e. The van der Waals surface area contributed by atoms with Gasteiger partial charge in [0.1, 0.15) is 0 Å². The van der Waals surface area contributed by atoms with E-state index in [0.29, 0.717) is 19.3 Å². The predicted octanol–water partition coefficient (Wildman–Crippen LogP) is 23.9. The second-order valence-corrected chi connectivity index (χ2v) is 32.2. The highest BCUT2D eigenvalue weighted by Crippen LogP contribution is 2.35. The van der Waals surface area contributed by atoms with Crippen LogP contribution in [0.1, 0.15) is 235 Å². The van der Waals surface area contributed by atoms with Crippen molar-refractivity contribution in [3.8, 4) is 17.2 Å². The molecule has 1 aromatic heterocycles. The predicted molar refractivity (Wildman–Crippen MR) is 440 cm³/mol. The van der Waals surface area contributed by atoms with Crippen LogP contribution in [0.4, 0.5) is 0 Å². The molecule has 7 aromatic carbocycles. The van der Waals surface area contributed by atoms with Crippen LogP contribution in [0.3, 0.4) is 0 Å². The van der Waals surface area contributed by atoms with Gasteiger partial charge in [0.15, 0.2) is 0 Å². The number of pyridine rings is 1. The van der Waals surface area contributed by atoms with Crippen molar-refractivity contribution in [2.24, 2.45) is 5.73 Å². The first-order valence-electron chi connectivity index (χ1n) is 37.8. The van der Waals surface area contributed by atoms with Crippen molar-refractivity contribution in [1.82, 2.24) is 4.98 Å². The summed E-state index contributed by atoms with van der Waals surface area (Å²) in [5.41, 5.74) is 32.9. The van der Waals surface area contributed by atoms with Gasteiger partial charge in [0.25, 0.3) is 10.1 Å². The topological polar surface area (TPSA) is 175 Å². The number of thiol groups is 1. The third-order valence-electron chi connectivity index (χ3n) is 18.6. The molecule has 0 radical (unpaired) electrons. The van der Waals surface area contributed by atoms with E-state index in [2.05, 4.69) is 240 Å². The van der Waals surface area contributed by atoms with Gasteiger partial charge in [-0.15, -0.1) is 12.6 Å². The standard InChI is InChI=1S/C19H25N.C15H21N.C14H23N.C14H23O3P.C14H22O3S.C14H14S/c1-16-9-10-17(2)19(15-16)8-6-4-3-5-7-18-11-13-20-14-12-18;1-13-9-10-14(2)15(12-13)8-6-4-3-5-7-11-16;1-12-8-9-13(2)14(11-12)7-5-3-4-6-10-15;2*1-12-8-9-13(2)14(11-12)7-5-3-4-6-10-18(15,16)17;1-10-3-4-11(2)14(9-10)12-5-7-13(15)8-6-12/h9-15H,3-8H2,1-2H3;9-10,12H,3-8H2,1-2H3;8-9,11H,3-7,10,15H2,1-2H3;8-9,11H,3-7,10H2,1-2H3,(H2,15,16,17);8-9,11H,3-7,10H2,1-2H3,(H,15,16,17);3-9,15H,1-2H3. The van der Waals surface area contributed by atoms with E-state index in [1.54, 1.807) is 0 Å². The van der Waals surface area contributed by atoms with Crippen LogP contribution in [-0.2, 0) is 53.2 Å². The average molecular weight is 1440 g/mol. The Bertz CT molecular complexity index is 3840. The molecule has 0 bridgehead atoms. The van der Waals surface area contributed by atoms with Crippen molar-refractivity contribution in [3.63, 3.8) is 0 Å². The van der Waals surface area contributed by atoms with Crippen molar-refractivity contribution < 1.29 is 27.3 Å². The first kappa shape index (κ1) is 89.8. The molecule has 0 aliphatic heterocycles.